The first kappa shape index (κ1) is 13.2. The molecule has 1 saturated heterocycles. The number of ether oxygens (including phenoxy) is 1. The van der Waals surface area contributed by atoms with Gasteiger partial charge in [0, 0.05) is 19.2 Å². The van der Waals surface area contributed by atoms with E-state index in [2.05, 4.69) is 5.32 Å². The number of carboxylic acid groups (broad SMARTS) is 1. The molecule has 2 rings (SSSR count). The van der Waals surface area contributed by atoms with E-state index >= 15 is 0 Å². The number of halogens is 1. The third-order valence-electron chi connectivity index (χ3n) is 2.82. The van der Waals surface area contributed by atoms with Gasteiger partial charge >= 0.3 is 5.97 Å². The Labute approximate surface area is 107 Å². The maximum Gasteiger partial charge on any atom is 0.307 e. The first-order valence-electron chi connectivity index (χ1n) is 5.47. The monoisotopic (exact) mass is 270 g/mol. The van der Waals surface area contributed by atoms with Crippen molar-refractivity contribution in [2.24, 2.45) is 0 Å². The Morgan fingerprint density at radius 2 is 2.26 bits per heavy atom. The van der Waals surface area contributed by atoms with Crippen molar-refractivity contribution in [2.45, 2.75) is 12.0 Å². The Morgan fingerprint density at radius 1 is 1.58 bits per heavy atom. The number of carbonyl (C=O) groups is 1. The normalized spacial score (nSPS) is 16.5. The second-order valence-corrected chi connectivity index (χ2v) is 4.33. The molecule has 102 valence electrons. The number of hydrogen-bond acceptors (Lipinski definition) is 5. The van der Waals surface area contributed by atoms with Crippen LogP contribution in [-0.2, 0) is 4.79 Å². The standard InChI is InChI=1S/C11H11FN2O5/c12-8-3-7(14(17)18)1-2-9(8)19-11(4-10(15)16)5-13-6-11/h1-3,13H,4-6H2,(H,15,16). The molecule has 0 saturated carbocycles. The highest BCUT2D eigenvalue weighted by molar-refractivity contribution is 5.68. The smallest absolute Gasteiger partial charge is 0.307 e. The van der Waals surface area contributed by atoms with E-state index in [9.17, 15) is 19.3 Å². The molecule has 1 heterocycles. The summed E-state index contributed by atoms with van der Waals surface area (Å²) in [6, 6.07) is 2.99. The van der Waals surface area contributed by atoms with Crippen molar-refractivity contribution in [3.63, 3.8) is 0 Å². The van der Waals surface area contributed by atoms with Gasteiger partial charge in [-0.05, 0) is 6.07 Å². The molecule has 0 spiro atoms. The quantitative estimate of drug-likeness (QED) is 0.609. The van der Waals surface area contributed by atoms with Gasteiger partial charge in [-0.15, -0.1) is 0 Å². The lowest BCUT2D eigenvalue weighted by Gasteiger charge is -2.41. The predicted molar refractivity (Wildman–Crippen MR) is 61.5 cm³/mol. The van der Waals surface area contributed by atoms with Crippen molar-refractivity contribution >= 4 is 11.7 Å². The molecule has 1 aromatic rings. The molecule has 19 heavy (non-hydrogen) atoms. The maximum atomic E-state index is 13.6. The summed E-state index contributed by atoms with van der Waals surface area (Å²) < 4.78 is 19.0. The summed E-state index contributed by atoms with van der Waals surface area (Å²) in [6.45, 7) is 0.575. The van der Waals surface area contributed by atoms with E-state index in [0.29, 0.717) is 0 Å². The van der Waals surface area contributed by atoms with E-state index in [1.165, 1.54) is 0 Å². The van der Waals surface area contributed by atoms with Gasteiger partial charge in [0.25, 0.3) is 5.69 Å². The minimum atomic E-state index is -1.05. The van der Waals surface area contributed by atoms with E-state index < -0.39 is 22.3 Å². The highest BCUT2D eigenvalue weighted by Crippen LogP contribution is 2.29. The average Bonchev–Trinajstić information content (AvgIpc) is 2.27. The average molecular weight is 270 g/mol. The van der Waals surface area contributed by atoms with E-state index in [0.717, 1.165) is 18.2 Å². The van der Waals surface area contributed by atoms with Gasteiger partial charge in [0.05, 0.1) is 17.4 Å². The van der Waals surface area contributed by atoms with Crippen LogP contribution in [-0.4, -0.2) is 34.7 Å². The van der Waals surface area contributed by atoms with Crippen LogP contribution < -0.4 is 10.1 Å². The molecule has 0 radical (unpaired) electrons. The van der Waals surface area contributed by atoms with Crippen molar-refractivity contribution in [3.05, 3.63) is 34.1 Å². The first-order chi connectivity index (χ1) is 8.92. The number of nitro groups is 1. The molecule has 0 aromatic heterocycles. The number of nitrogens with one attached hydrogen (secondary N) is 1. The van der Waals surface area contributed by atoms with Gasteiger partial charge in [0.15, 0.2) is 11.6 Å². The van der Waals surface area contributed by atoms with Crippen LogP contribution >= 0.6 is 0 Å². The largest absolute Gasteiger partial charge is 0.481 e. The van der Waals surface area contributed by atoms with Gasteiger partial charge in [0.1, 0.15) is 5.60 Å². The van der Waals surface area contributed by atoms with Crippen LogP contribution in [0.2, 0.25) is 0 Å². The number of benzene rings is 1. The summed E-state index contributed by atoms with van der Waals surface area (Å²) >= 11 is 0. The molecular weight excluding hydrogens is 259 g/mol. The van der Waals surface area contributed by atoms with Crippen LogP contribution in [0.4, 0.5) is 10.1 Å². The fraction of sp³-hybridized carbons (Fsp3) is 0.364. The maximum absolute atomic E-state index is 13.6. The Balaban J connectivity index is 2.18. The summed E-state index contributed by atoms with van der Waals surface area (Å²) in [5.41, 5.74) is -1.38. The van der Waals surface area contributed by atoms with Gasteiger partial charge in [-0.1, -0.05) is 0 Å². The van der Waals surface area contributed by atoms with Crippen LogP contribution in [0.5, 0.6) is 5.75 Å². The molecule has 0 aliphatic carbocycles. The van der Waals surface area contributed by atoms with E-state index in [4.69, 9.17) is 9.84 Å². The van der Waals surface area contributed by atoms with Gasteiger partial charge in [0.2, 0.25) is 0 Å². The minimum absolute atomic E-state index is 0.187. The third kappa shape index (κ3) is 2.79. The second kappa shape index (κ2) is 4.81. The van der Waals surface area contributed by atoms with Crippen LogP contribution in [0.25, 0.3) is 0 Å². The lowest BCUT2D eigenvalue weighted by atomic mass is 9.92. The molecule has 7 nitrogen and oxygen atoms in total. The van der Waals surface area contributed by atoms with Gasteiger partial charge in [-0.25, -0.2) is 4.39 Å². The van der Waals surface area contributed by atoms with Crippen LogP contribution in [0, 0.1) is 15.9 Å². The lowest BCUT2D eigenvalue weighted by Crippen LogP contribution is -2.64. The van der Waals surface area contributed by atoms with Crippen molar-refractivity contribution < 1.29 is 24.0 Å². The van der Waals surface area contributed by atoms with E-state index in [-0.39, 0.29) is 30.9 Å². The minimum Gasteiger partial charge on any atom is -0.481 e. The summed E-state index contributed by atoms with van der Waals surface area (Å²) in [7, 11) is 0. The molecule has 1 fully saturated rings. The molecule has 0 bridgehead atoms. The summed E-state index contributed by atoms with van der Waals surface area (Å²) in [5, 5.41) is 22.1. The van der Waals surface area contributed by atoms with Crippen molar-refractivity contribution in [3.8, 4) is 5.75 Å². The third-order valence-corrected chi connectivity index (χ3v) is 2.82. The van der Waals surface area contributed by atoms with Crippen molar-refractivity contribution in [2.75, 3.05) is 13.1 Å². The SMILES string of the molecule is O=C(O)CC1(Oc2ccc([N+](=O)[O-])cc2F)CNC1. The zero-order valence-electron chi connectivity index (χ0n) is 9.76. The van der Waals surface area contributed by atoms with Crippen LogP contribution in [0.1, 0.15) is 6.42 Å². The Hall–Kier alpha value is -2.22. The summed E-state index contributed by atoms with van der Waals surface area (Å²) in [4.78, 5) is 20.5. The van der Waals surface area contributed by atoms with E-state index in [1.54, 1.807) is 0 Å². The predicted octanol–water partition coefficient (Wildman–Crippen LogP) is 0.929. The number of aliphatic carboxylic acids is 1. The number of nitrogens with zero attached hydrogens (tertiary/aromatic N) is 1. The fourth-order valence-electron chi connectivity index (χ4n) is 1.83. The molecule has 8 heteroatoms. The molecule has 1 aliphatic rings. The van der Waals surface area contributed by atoms with Crippen molar-refractivity contribution in [1.82, 2.24) is 5.32 Å². The van der Waals surface area contributed by atoms with Gasteiger partial charge < -0.3 is 15.2 Å². The van der Waals surface area contributed by atoms with Gasteiger partial charge in [-0.2, -0.15) is 0 Å². The molecule has 0 unspecified atom stereocenters. The Kier molecular flexibility index (Phi) is 3.34. The summed E-state index contributed by atoms with van der Waals surface area (Å²) in [5.74, 6) is -2.12. The molecule has 1 aliphatic heterocycles. The Bertz CT molecular complexity index is 530. The topological polar surface area (TPSA) is 102 Å². The zero-order chi connectivity index (χ0) is 14.0. The number of rotatable bonds is 5. The zero-order valence-corrected chi connectivity index (χ0v) is 9.76. The van der Waals surface area contributed by atoms with Crippen LogP contribution in [0.15, 0.2) is 18.2 Å². The van der Waals surface area contributed by atoms with Crippen LogP contribution in [0.3, 0.4) is 0 Å². The van der Waals surface area contributed by atoms with E-state index in [1.807, 2.05) is 0 Å². The number of non-ortho nitro benzene ring substituents is 1. The summed E-state index contributed by atoms with van der Waals surface area (Å²) in [6.07, 6.45) is -0.267. The fourth-order valence-corrected chi connectivity index (χ4v) is 1.83. The number of carboxylic acids is 1. The second-order valence-electron chi connectivity index (χ2n) is 4.33. The molecule has 0 amide bonds. The highest BCUT2D eigenvalue weighted by atomic mass is 19.1. The highest BCUT2D eigenvalue weighted by Gasteiger charge is 2.42. The number of nitro benzene ring substituents is 1. The first-order valence-corrected chi connectivity index (χ1v) is 5.47. The number of hydrogen-bond donors (Lipinski definition) is 2. The van der Waals surface area contributed by atoms with Gasteiger partial charge in [-0.3, -0.25) is 14.9 Å². The molecular formula is C11H11FN2O5. The Morgan fingerprint density at radius 3 is 2.68 bits per heavy atom. The molecule has 1 aromatic carbocycles. The molecule has 2 N–H and O–H groups in total. The van der Waals surface area contributed by atoms with Crippen molar-refractivity contribution in [1.29, 1.82) is 0 Å². The molecule has 0 atom stereocenters. The lowest BCUT2D eigenvalue weighted by molar-refractivity contribution is -0.385.